The number of aryl methyl sites for hydroxylation is 1. The van der Waals surface area contributed by atoms with Gasteiger partial charge in [-0.05, 0) is 18.6 Å². The molecule has 0 bridgehead atoms. The minimum Gasteiger partial charge on any atom is -0.495 e. The maximum atomic E-state index is 11.3. The third-order valence-corrected chi connectivity index (χ3v) is 3.28. The number of rotatable bonds is 4. The average Bonchev–Trinajstić information content (AvgIpc) is 2.27. The van der Waals surface area contributed by atoms with E-state index in [0.29, 0.717) is 0 Å². The van der Waals surface area contributed by atoms with Gasteiger partial charge in [0.25, 0.3) is 10.1 Å². The number of methoxy groups -OCH3 is 1. The molecular formula is C11H12N2O5S. The zero-order valence-corrected chi connectivity index (χ0v) is 11.1. The highest BCUT2D eigenvalue weighted by molar-refractivity contribution is 7.85. The molecule has 0 aliphatic heterocycles. The number of carbonyl (C=O) groups is 1. The number of nitrogens with one attached hydrogen (secondary N) is 1. The molecule has 0 radical (unpaired) electrons. The number of benzene rings is 1. The van der Waals surface area contributed by atoms with Crippen molar-refractivity contribution in [3.8, 4) is 11.8 Å². The van der Waals surface area contributed by atoms with Gasteiger partial charge in [-0.1, -0.05) is 0 Å². The molecule has 0 aliphatic carbocycles. The Kier molecular flexibility index (Phi) is 4.47. The molecule has 0 unspecified atom stereocenters. The first-order valence-corrected chi connectivity index (χ1v) is 6.56. The predicted octanol–water partition coefficient (Wildman–Crippen LogP) is 1.10. The van der Waals surface area contributed by atoms with E-state index < -0.39 is 16.0 Å². The van der Waals surface area contributed by atoms with Crippen LogP contribution in [-0.2, 0) is 14.9 Å². The third kappa shape index (κ3) is 3.67. The van der Waals surface area contributed by atoms with Crippen LogP contribution in [0.2, 0.25) is 0 Å². The van der Waals surface area contributed by atoms with Crippen LogP contribution in [0.1, 0.15) is 12.0 Å². The van der Waals surface area contributed by atoms with Crippen molar-refractivity contribution in [1.29, 1.82) is 5.26 Å². The molecule has 1 aromatic carbocycles. The van der Waals surface area contributed by atoms with Crippen molar-refractivity contribution in [2.45, 2.75) is 18.2 Å². The van der Waals surface area contributed by atoms with Gasteiger partial charge in [-0.3, -0.25) is 9.35 Å². The molecule has 0 aromatic heterocycles. The molecule has 0 spiro atoms. The molecule has 1 amide bonds. The first kappa shape index (κ1) is 14.9. The molecule has 0 saturated carbocycles. The summed E-state index contributed by atoms with van der Waals surface area (Å²) in [7, 11) is -3.08. The maximum Gasteiger partial charge on any atom is 0.294 e. The number of hydrogen-bond acceptors (Lipinski definition) is 5. The van der Waals surface area contributed by atoms with Crippen molar-refractivity contribution in [2.24, 2.45) is 0 Å². The van der Waals surface area contributed by atoms with E-state index in [4.69, 9.17) is 14.6 Å². The topological polar surface area (TPSA) is 116 Å². The number of carbonyl (C=O) groups excluding carboxylic acids is 1. The number of anilines is 1. The molecule has 8 heteroatoms. The summed E-state index contributed by atoms with van der Waals surface area (Å²) in [5, 5.41) is 10.8. The average molecular weight is 284 g/mol. The smallest absolute Gasteiger partial charge is 0.294 e. The van der Waals surface area contributed by atoms with Gasteiger partial charge in [0.1, 0.15) is 17.1 Å². The Morgan fingerprint density at radius 1 is 1.53 bits per heavy atom. The Balaban J connectivity index is 3.26. The fourth-order valence-corrected chi connectivity index (χ4v) is 2.20. The zero-order valence-electron chi connectivity index (χ0n) is 10.3. The van der Waals surface area contributed by atoms with Gasteiger partial charge in [-0.15, -0.1) is 0 Å². The van der Waals surface area contributed by atoms with Crippen LogP contribution in [0.25, 0.3) is 0 Å². The Hall–Kier alpha value is -2.11. The van der Waals surface area contributed by atoms with Gasteiger partial charge in [0.2, 0.25) is 5.91 Å². The number of ether oxygens (including phenoxy) is 1. The van der Waals surface area contributed by atoms with Crippen LogP contribution in [0.5, 0.6) is 5.75 Å². The van der Waals surface area contributed by atoms with Crippen molar-refractivity contribution < 1.29 is 22.5 Å². The van der Waals surface area contributed by atoms with Gasteiger partial charge >= 0.3 is 0 Å². The van der Waals surface area contributed by atoms with E-state index in [-0.39, 0.29) is 28.3 Å². The summed E-state index contributed by atoms with van der Waals surface area (Å²) in [5.41, 5.74) is 0.475. The molecule has 19 heavy (non-hydrogen) atoms. The molecular weight excluding hydrogens is 272 g/mol. The van der Waals surface area contributed by atoms with Crippen LogP contribution in [0.4, 0.5) is 5.69 Å². The summed E-state index contributed by atoms with van der Waals surface area (Å²) in [6.45, 7) is 1.46. The number of amides is 1. The molecule has 102 valence electrons. The van der Waals surface area contributed by atoms with Gasteiger partial charge < -0.3 is 10.1 Å². The highest BCUT2D eigenvalue weighted by atomic mass is 32.2. The Morgan fingerprint density at radius 2 is 2.16 bits per heavy atom. The highest BCUT2D eigenvalue weighted by Gasteiger charge is 2.18. The van der Waals surface area contributed by atoms with E-state index in [9.17, 15) is 13.2 Å². The SMILES string of the molecule is COc1cc(S(=O)(=O)O)c(C)cc1NC(=O)CC#N. The first-order chi connectivity index (χ1) is 8.79. The van der Waals surface area contributed by atoms with Gasteiger partial charge in [0.05, 0.1) is 18.9 Å². The lowest BCUT2D eigenvalue weighted by atomic mass is 10.2. The number of nitriles is 1. The molecule has 0 heterocycles. The lowest BCUT2D eigenvalue weighted by Crippen LogP contribution is -2.12. The van der Waals surface area contributed by atoms with Crippen LogP contribution in [0.3, 0.4) is 0 Å². The van der Waals surface area contributed by atoms with Crippen molar-refractivity contribution >= 4 is 21.7 Å². The quantitative estimate of drug-likeness (QED) is 0.800. The van der Waals surface area contributed by atoms with Gasteiger partial charge in [0.15, 0.2) is 0 Å². The van der Waals surface area contributed by atoms with Crippen LogP contribution < -0.4 is 10.1 Å². The van der Waals surface area contributed by atoms with Crippen LogP contribution in [0.15, 0.2) is 17.0 Å². The highest BCUT2D eigenvalue weighted by Crippen LogP contribution is 2.30. The third-order valence-electron chi connectivity index (χ3n) is 2.29. The Bertz CT molecular complexity index is 646. The predicted molar refractivity (Wildman–Crippen MR) is 66.4 cm³/mol. The maximum absolute atomic E-state index is 11.3. The minimum absolute atomic E-state index is 0.0736. The first-order valence-electron chi connectivity index (χ1n) is 5.12. The summed E-state index contributed by atoms with van der Waals surface area (Å²) in [5.74, 6) is -0.468. The standard InChI is InChI=1S/C11H12N2O5S/c1-7-5-8(13-11(14)3-4-12)9(18-2)6-10(7)19(15,16)17/h5-6H,3H2,1-2H3,(H,13,14)(H,15,16,17). The van der Waals surface area contributed by atoms with Crippen molar-refractivity contribution in [1.82, 2.24) is 0 Å². The molecule has 1 aromatic rings. The van der Waals surface area contributed by atoms with Gasteiger partial charge in [-0.2, -0.15) is 13.7 Å². The summed E-state index contributed by atoms with van der Waals surface area (Å²) in [4.78, 5) is 11.0. The second kappa shape index (κ2) is 5.69. The van der Waals surface area contributed by atoms with Gasteiger partial charge in [-0.25, -0.2) is 0 Å². The van der Waals surface area contributed by atoms with Gasteiger partial charge in [0, 0.05) is 6.07 Å². The molecule has 0 fully saturated rings. The molecule has 2 N–H and O–H groups in total. The number of nitrogens with zero attached hydrogens (tertiary/aromatic N) is 1. The van der Waals surface area contributed by atoms with Crippen LogP contribution in [0, 0.1) is 18.3 Å². The van der Waals surface area contributed by atoms with Crippen LogP contribution >= 0.6 is 0 Å². The van der Waals surface area contributed by atoms with Crippen molar-refractivity contribution in [3.05, 3.63) is 17.7 Å². The molecule has 7 nitrogen and oxygen atoms in total. The fourth-order valence-electron chi connectivity index (χ4n) is 1.48. The Labute approximate surface area is 110 Å². The van der Waals surface area contributed by atoms with E-state index in [0.717, 1.165) is 6.07 Å². The van der Waals surface area contributed by atoms with E-state index in [2.05, 4.69) is 5.32 Å². The second-order valence-electron chi connectivity index (χ2n) is 3.68. The zero-order chi connectivity index (χ0) is 14.6. The summed E-state index contributed by atoms with van der Waals surface area (Å²) in [6, 6.07) is 4.13. The largest absolute Gasteiger partial charge is 0.495 e. The van der Waals surface area contributed by atoms with E-state index in [1.165, 1.54) is 20.1 Å². The van der Waals surface area contributed by atoms with E-state index >= 15 is 0 Å². The van der Waals surface area contributed by atoms with Crippen molar-refractivity contribution in [3.63, 3.8) is 0 Å². The fraction of sp³-hybridized carbons (Fsp3) is 0.273. The summed E-state index contributed by atoms with van der Waals surface area (Å²) in [6.07, 6.45) is -0.331. The second-order valence-corrected chi connectivity index (χ2v) is 5.07. The minimum atomic E-state index is -4.37. The lowest BCUT2D eigenvalue weighted by molar-refractivity contribution is -0.115. The molecule has 0 aliphatic rings. The summed E-state index contributed by atoms with van der Waals surface area (Å²) >= 11 is 0. The monoisotopic (exact) mass is 284 g/mol. The normalized spacial score (nSPS) is 10.6. The Morgan fingerprint density at radius 3 is 2.63 bits per heavy atom. The summed E-state index contributed by atoms with van der Waals surface area (Å²) < 4.78 is 36.2. The lowest BCUT2D eigenvalue weighted by Gasteiger charge is -2.12. The molecule has 0 saturated heterocycles. The molecule has 1 rings (SSSR count). The van der Waals surface area contributed by atoms with E-state index in [1.54, 1.807) is 6.07 Å². The van der Waals surface area contributed by atoms with E-state index in [1.807, 2.05) is 0 Å². The number of hydrogen-bond donors (Lipinski definition) is 2. The molecule has 0 atom stereocenters. The van der Waals surface area contributed by atoms with Crippen molar-refractivity contribution in [2.75, 3.05) is 12.4 Å². The van der Waals surface area contributed by atoms with Crippen LogP contribution in [-0.4, -0.2) is 26.0 Å².